The van der Waals surface area contributed by atoms with Crippen molar-refractivity contribution in [1.82, 2.24) is 4.90 Å². The van der Waals surface area contributed by atoms with Crippen LogP contribution < -0.4 is 0 Å². The minimum atomic E-state index is -0.757. The summed E-state index contributed by atoms with van der Waals surface area (Å²) < 4.78 is 0. The summed E-state index contributed by atoms with van der Waals surface area (Å²) in [5.41, 5.74) is 2.52. The van der Waals surface area contributed by atoms with Crippen LogP contribution in [-0.2, 0) is 6.42 Å². The molecule has 3 aromatic rings. The van der Waals surface area contributed by atoms with E-state index in [0.29, 0.717) is 29.6 Å². The summed E-state index contributed by atoms with van der Waals surface area (Å²) >= 11 is 12.2. The van der Waals surface area contributed by atoms with Gasteiger partial charge in [-0.05, 0) is 66.4 Å². The molecule has 0 amide bonds. The summed E-state index contributed by atoms with van der Waals surface area (Å²) in [7, 11) is 0. The normalized spacial score (nSPS) is 14.4. The largest absolute Gasteiger partial charge is 0.508 e. The van der Waals surface area contributed by atoms with E-state index < -0.39 is 12.2 Å². The second-order valence-corrected chi connectivity index (χ2v) is 8.69. The van der Waals surface area contributed by atoms with Gasteiger partial charge in [0.25, 0.3) is 0 Å². The van der Waals surface area contributed by atoms with E-state index in [0.717, 1.165) is 16.7 Å². The van der Waals surface area contributed by atoms with Crippen molar-refractivity contribution in [3.05, 3.63) is 99.5 Å². The number of nitrogens with zero attached hydrogens (tertiary/aromatic N) is 1. The van der Waals surface area contributed by atoms with Crippen molar-refractivity contribution in [2.45, 2.75) is 31.6 Å². The first kappa shape index (κ1) is 23.6. The fourth-order valence-corrected chi connectivity index (χ4v) is 4.02. The van der Waals surface area contributed by atoms with E-state index in [-0.39, 0.29) is 11.8 Å². The summed E-state index contributed by atoms with van der Waals surface area (Å²) in [5, 5.41) is 32.4. The maximum atomic E-state index is 10.9. The average Bonchev–Trinajstić information content (AvgIpc) is 2.74. The number of aliphatic hydroxyl groups is 2. The molecule has 0 heterocycles. The van der Waals surface area contributed by atoms with Crippen molar-refractivity contribution in [1.29, 1.82) is 0 Å². The number of phenolic OH excluding ortho intramolecular Hbond substituents is 1. The van der Waals surface area contributed by atoms with Crippen LogP contribution in [0.4, 0.5) is 0 Å². The van der Waals surface area contributed by atoms with Gasteiger partial charge in [-0.15, -0.1) is 0 Å². The lowest BCUT2D eigenvalue weighted by Gasteiger charge is -2.33. The fraction of sp³-hybridized carbons (Fsp3) is 0.280. The molecule has 4 nitrogen and oxygen atoms in total. The monoisotopic (exact) mass is 459 g/mol. The summed E-state index contributed by atoms with van der Waals surface area (Å²) in [6.07, 6.45) is -0.815. The summed E-state index contributed by atoms with van der Waals surface area (Å²) in [5.74, 6) is 0.223. The Hall–Kier alpha value is -2.08. The van der Waals surface area contributed by atoms with E-state index >= 15 is 0 Å². The highest BCUT2D eigenvalue weighted by atomic mass is 35.5. The molecule has 0 aromatic heterocycles. The molecule has 0 aliphatic heterocycles. The number of halogens is 2. The van der Waals surface area contributed by atoms with Crippen molar-refractivity contribution >= 4 is 23.2 Å². The van der Waals surface area contributed by atoms with Crippen LogP contribution in [0.15, 0.2) is 72.8 Å². The fourth-order valence-electron chi connectivity index (χ4n) is 3.62. The lowest BCUT2D eigenvalue weighted by Crippen LogP contribution is -2.40. The van der Waals surface area contributed by atoms with Gasteiger partial charge >= 0.3 is 0 Å². The Labute approximate surface area is 193 Å². The second kappa shape index (κ2) is 11.0. The van der Waals surface area contributed by atoms with Gasteiger partial charge in [0.05, 0.1) is 12.2 Å². The highest BCUT2D eigenvalue weighted by Gasteiger charge is 2.23. The Morgan fingerprint density at radius 3 is 1.71 bits per heavy atom. The van der Waals surface area contributed by atoms with Gasteiger partial charge in [-0.2, -0.15) is 0 Å². The van der Waals surface area contributed by atoms with Crippen molar-refractivity contribution in [2.75, 3.05) is 13.1 Å². The van der Waals surface area contributed by atoms with Crippen LogP contribution in [0, 0.1) is 0 Å². The molecule has 31 heavy (non-hydrogen) atoms. The predicted molar refractivity (Wildman–Crippen MR) is 126 cm³/mol. The summed E-state index contributed by atoms with van der Waals surface area (Å²) in [4.78, 5) is 2.06. The topological polar surface area (TPSA) is 63.9 Å². The van der Waals surface area contributed by atoms with Crippen molar-refractivity contribution < 1.29 is 15.3 Å². The van der Waals surface area contributed by atoms with Gasteiger partial charge in [-0.3, -0.25) is 4.90 Å². The first-order valence-corrected chi connectivity index (χ1v) is 11.0. The maximum Gasteiger partial charge on any atom is 0.115 e. The zero-order valence-corrected chi connectivity index (χ0v) is 18.8. The van der Waals surface area contributed by atoms with E-state index in [1.54, 1.807) is 36.4 Å². The number of rotatable bonds is 9. The molecule has 0 unspecified atom stereocenters. The van der Waals surface area contributed by atoms with E-state index in [9.17, 15) is 15.3 Å². The number of hydrogen-bond acceptors (Lipinski definition) is 4. The van der Waals surface area contributed by atoms with Gasteiger partial charge in [0.1, 0.15) is 5.75 Å². The lowest BCUT2D eigenvalue weighted by molar-refractivity contribution is 0.0480. The van der Waals surface area contributed by atoms with Gasteiger partial charge in [-0.1, -0.05) is 59.6 Å². The number of phenols is 1. The van der Waals surface area contributed by atoms with Gasteiger partial charge in [0, 0.05) is 29.2 Å². The molecule has 3 rings (SSSR count). The molecule has 0 spiro atoms. The quantitative estimate of drug-likeness (QED) is 0.400. The number of hydrogen-bond donors (Lipinski definition) is 3. The molecule has 0 radical (unpaired) electrons. The van der Waals surface area contributed by atoms with E-state index in [4.69, 9.17) is 23.2 Å². The van der Waals surface area contributed by atoms with Crippen LogP contribution in [0.1, 0.15) is 35.8 Å². The Balaban J connectivity index is 1.78. The summed E-state index contributed by atoms with van der Waals surface area (Å²) in [6.45, 7) is 2.72. The molecule has 164 valence electrons. The Bertz CT molecular complexity index is 927. The molecule has 3 aromatic carbocycles. The van der Waals surface area contributed by atoms with E-state index in [1.807, 2.05) is 36.4 Å². The van der Waals surface area contributed by atoms with E-state index in [2.05, 4.69) is 11.8 Å². The minimum Gasteiger partial charge on any atom is -0.508 e. The number of benzene rings is 3. The molecule has 0 saturated carbocycles. The SMILES string of the molecule is C[C@@H](Cc1ccc(O)cc1)N(C[C@@H](O)c1cccc(Cl)c1)C[C@@H](O)c1cccc(Cl)c1. The first-order chi connectivity index (χ1) is 14.8. The van der Waals surface area contributed by atoms with Crippen LogP contribution in [0.2, 0.25) is 10.0 Å². The Kier molecular flexibility index (Phi) is 8.35. The smallest absolute Gasteiger partial charge is 0.115 e. The second-order valence-electron chi connectivity index (χ2n) is 7.82. The molecule has 3 atom stereocenters. The van der Waals surface area contributed by atoms with Crippen molar-refractivity contribution in [3.8, 4) is 5.75 Å². The molecule has 3 N–H and O–H groups in total. The maximum absolute atomic E-state index is 10.9. The van der Waals surface area contributed by atoms with Crippen LogP contribution in [-0.4, -0.2) is 39.4 Å². The zero-order chi connectivity index (χ0) is 22.4. The Morgan fingerprint density at radius 1 is 0.774 bits per heavy atom. The first-order valence-electron chi connectivity index (χ1n) is 10.2. The molecule has 6 heteroatoms. The minimum absolute atomic E-state index is 0.0206. The molecule has 0 bridgehead atoms. The van der Waals surface area contributed by atoms with Gasteiger partial charge in [-0.25, -0.2) is 0 Å². The molecule has 0 saturated heterocycles. The molecular weight excluding hydrogens is 433 g/mol. The third-order valence-electron chi connectivity index (χ3n) is 5.37. The molecular formula is C25H27Cl2NO3. The highest BCUT2D eigenvalue weighted by Crippen LogP contribution is 2.24. The standard InChI is InChI=1S/C25H27Cl2NO3/c1-17(12-18-8-10-23(29)11-9-18)28(15-24(30)19-4-2-6-21(26)13-19)16-25(31)20-5-3-7-22(27)14-20/h2-11,13-14,17,24-25,29-31H,12,15-16H2,1H3/t17-,24+,25+/m0/s1. The molecule has 0 aliphatic rings. The third-order valence-corrected chi connectivity index (χ3v) is 5.84. The zero-order valence-electron chi connectivity index (χ0n) is 17.3. The van der Waals surface area contributed by atoms with Gasteiger partial charge in [0.15, 0.2) is 0 Å². The average molecular weight is 460 g/mol. The summed E-state index contributed by atoms with van der Waals surface area (Å²) in [6, 6.07) is 21.4. The van der Waals surface area contributed by atoms with Crippen LogP contribution in [0.5, 0.6) is 5.75 Å². The Morgan fingerprint density at radius 2 is 1.26 bits per heavy atom. The van der Waals surface area contributed by atoms with Crippen molar-refractivity contribution in [3.63, 3.8) is 0 Å². The lowest BCUT2D eigenvalue weighted by atomic mass is 10.0. The van der Waals surface area contributed by atoms with Crippen LogP contribution >= 0.6 is 23.2 Å². The molecule has 0 fully saturated rings. The number of aliphatic hydroxyl groups excluding tert-OH is 2. The van der Waals surface area contributed by atoms with Crippen LogP contribution in [0.25, 0.3) is 0 Å². The highest BCUT2D eigenvalue weighted by molar-refractivity contribution is 6.30. The van der Waals surface area contributed by atoms with Gasteiger partial charge < -0.3 is 15.3 Å². The third kappa shape index (κ3) is 6.96. The molecule has 0 aliphatic carbocycles. The van der Waals surface area contributed by atoms with Crippen LogP contribution in [0.3, 0.4) is 0 Å². The predicted octanol–water partition coefficient (Wildman–Crippen LogP) is 5.40. The number of aromatic hydroxyl groups is 1. The van der Waals surface area contributed by atoms with Gasteiger partial charge in [0.2, 0.25) is 0 Å². The van der Waals surface area contributed by atoms with E-state index in [1.165, 1.54) is 0 Å². The van der Waals surface area contributed by atoms with Crippen molar-refractivity contribution in [2.24, 2.45) is 0 Å².